The Labute approximate surface area is 159 Å². The first-order chi connectivity index (χ1) is 12.7. The van der Waals surface area contributed by atoms with E-state index in [0.29, 0.717) is 5.92 Å². The van der Waals surface area contributed by atoms with Crippen LogP contribution in [0.2, 0.25) is 0 Å². The average Bonchev–Trinajstić information content (AvgIpc) is 2.72. The van der Waals surface area contributed by atoms with E-state index in [4.69, 9.17) is 4.74 Å². The van der Waals surface area contributed by atoms with E-state index in [-0.39, 0.29) is 0 Å². The van der Waals surface area contributed by atoms with Crippen molar-refractivity contribution in [1.82, 2.24) is 4.90 Å². The van der Waals surface area contributed by atoms with E-state index in [1.807, 2.05) is 12.1 Å². The van der Waals surface area contributed by atoms with Gasteiger partial charge < -0.3 is 14.7 Å². The Morgan fingerprint density at radius 3 is 2.31 bits per heavy atom. The highest BCUT2D eigenvalue weighted by atomic mass is 16.5. The fourth-order valence-corrected chi connectivity index (χ4v) is 4.74. The first kappa shape index (κ1) is 19.7. The number of nitrogens with zero attached hydrogens (tertiary/aromatic N) is 1. The highest BCUT2D eigenvalue weighted by molar-refractivity contribution is 5.31. The molecule has 3 nitrogen and oxygen atoms in total. The zero-order valence-electron chi connectivity index (χ0n) is 16.6. The van der Waals surface area contributed by atoms with Crippen LogP contribution in [0, 0.1) is 5.92 Å². The van der Waals surface area contributed by atoms with E-state index in [1.54, 1.807) is 0 Å². The van der Waals surface area contributed by atoms with Gasteiger partial charge in [0.15, 0.2) is 0 Å². The number of piperidine rings is 1. The topological polar surface area (TPSA) is 32.7 Å². The minimum absolute atomic E-state index is 0.392. The van der Waals surface area contributed by atoms with Crippen LogP contribution in [-0.2, 0) is 5.60 Å². The summed E-state index contributed by atoms with van der Waals surface area (Å²) in [5.41, 5.74) is 0.395. The normalized spacial score (nSPS) is 22.1. The maximum Gasteiger partial charge on any atom is 0.119 e. The number of hydrogen-bond acceptors (Lipinski definition) is 3. The van der Waals surface area contributed by atoms with Crippen LogP contribution < -0.4 is 4.74 Å². The number of hydrogen-bond donors (Lipinski definition) is 1. The molecule has 1 aliphatic heterocycles. The molecule has 1 saturated carbocycles. The van der Waals surface area contributed by atoms with Crippen molar-refractivity contribution >= 4 is 0 Å². The highest BCUT2D eigenvalue weighted by Gasteiger charge is 2.39. The van der Waals surface area contributed by atoms with Crippen molar-refractivity contribution in [1.29, 1.82) is 0 Å². The minimum Gasteiger partial charge on any atom is -0.494 e. The summed E-state index contributed by atoms with van der Waals surface area (Å²) in [7, 11) is 0. The first-order valence-corrected chi connectivity index (χ1v) is 10.9. The van der Waals surface area contributed by atoms with E-state index >= 15 is 0 Å². The van der Waals surface area contributed by atoms with Crippen LogP contribution in [0.15, 0.2) is 24.3 Å². The van der Waals surface area contributed by atoms with Gasteiger partial charge in [0.2, 0.25) is 0 Å². The third kappa shape index (κ3) is 5.01. The third-order valence-corrected chi connectivity index (χ3v) is 6.37. The Morgan fingerprint density at radius 2 is 1.65 bits per heavy atom. The number of aliphatic hydroxyl groups is 1. The van der Waals surface area contributed by atoms with Gasteiger partial charge in [0.25, 0.3) is 0 Å². The van der Waals surface area contributed by atoms with Crippen molar-refractivity contribution in [2.24, 2.45) is 5.92 Å². The van der Waals surface area contributed by atoms with Gasteiger partial charge in [0, 0.05) is 6.54 Å². The molecule has 0 radical (unpaired) electrons. The Morgan fingerprint density at radius 1 is 1.00 bits per heavy atom. The molecule has 1 aliphatic carbocycles. The zero-order chi connectivity index (χ0) is 18.2. The Kier molecular flexibility index (Phi) is 7.39. The monoisotopic (exact) mass is 359 g/mol. The Balaban J connectivity index is 1.72. The van der Waals surface area contributed by atoms with Crippen molar-refractivity contribution in [3.05, 3.63) is 29.8 Å². The third-order valence-electron chi connectivity index (χ3n) is 6.37. The fraction of sp³-hybridized carbons (Fsp3) is 0.739. The summed E-state index contributed by atoms with van der Waals surface area (Å²) in [5.74, 6) is 1.31. The smallest absolute Gasteiger partial charge is 0.119 e. The van der Waals surface area contributed by atoms with Gasteiger partial charge in [-0.2, -0.15) is 0 Å². The molecule has 146 valence electrons. The van der Waals surface area contributed by atoms with Crippen molar-refractivity contribution in [2.45, 2.75) is 76.7 Å². The molecule has 26 heavy (non-hydrogen) atoms. The lowest BCUT2D eigenvalue weighted by atomic mass is 9.71. The molecule has 3 rings (SSSR count). The van der Waals surface area contributed by atoms with Crippen molar-refractivity contribution < 1.29 is 9.84 Å². The summed E-state index contributed by atoms with van der Waals surface area (Å²) in [4.78, 5) is 2.55. The molecule has 1 aromatic rings. The molecule has 1 heterocycles. The average molecular weight is 360 g/mol. The fourth-order valence-electron chi connectivity index (χ4n) is 4.74. The van der Waals surface area contributed by atoms with Gasteiger partial charge in [-0.05, 0) is 75.2 Å². The predicted octanol–water partition coefficient (Wildman–Crippen LogP) is 5.12. The van der Waals surface area contributed by atoms with Gasteiger partial charge in [0.1, 0.15) is 5.75 Å². The summed E-state index contributed by atoms with van der Waals surface area (Å²) in [5, 5.41) is 11.8. The molecule has 3 heteroatoms. The van der Waals surface area contributed by atoms with Crippen LogP contribution in [0.3, 0.4) is 0 Å². The van der Waals surface area contributed by atoms with Gasteiger partial charge in [0.05, 0.1) is 12.2 Å². The highest BCUT2D eigenvalue weighted by Crippen LogP contribution is 2.42. The number of ether oxygens (including phenoxy) is 1. The first-order valence-electron chi connectivity index (χ1n) is 10.9. The van der Waals surface area contributed by atoms with E-state index in [9.17, 15) is 5.11 Å². The summed E-state index contributed by atoms with van der Waals surface area (Å²) >= 11 is 0. The van der Waals surface area contributed by atoms with Crippen LogP contribution in [0.5, 0.6) is 5.75 Å². The van der Waals surface area contributed by atoms with Gasteiger partial charge in [-0.15, -0.1) is 0 Å². The van der Waals surface area contributed by atoms with E-state index in [2.05, 4.69) is 24.0 Å². The molecule has 0 aromatic heterocycles. The molecular weight excluding hydrogens is 322 g/mol. The summed E-state index contributed by atoms with van der Waals surface area (Å²) in [6, 6.07) is 8.30. The van der Waals surface area contributed by atoms with E-state index in [0.717, 1.165) is 50.1 Å². The molecule has 0 amide bonds. The summed E-state index contributed by atoms with van der Waals surface area (Å²) < 4.78 is 5.73. The van der Waals surface area contributed by atoms with E-state index in [1.165, 1.54) is 51.6 Å². The lowest BCUT2D eigenvalue weighted by Crippen LogP contribution is -2.41. The molecule has 0 spiro atoms. The molecular formula is C23H37NO2. The molecule has 1 N–H and O–H groups in total. The van der Waals surface area contributed by atoms with Gasteiger partial charge in [-0.25, -0.2) is 0 Å². The van der Waals surface area contributed by atoms with Crippen LogP contribution >= 0.6 is 0 Å². The van der Waals surface area contributed by atoms with E-state index < -0.39 is 5.60 Å². The molecule has 1 unspecified atom stereocenters. The molecule has 1 saturated heterocycles. The van der Waals surface area contributed by atoms with Crippen LogP contribution in [-0.4, -0.2) is 36.2 Å². The van der Waals surface area contributed by atoms with Crippen molar-refractivity contribution in [3.8, 4) is 5.75 Å². The molecule has 1 aromatic carbocycles. The molecule has 2 aliphatic rings. The Bertz CT molecular complexity index is 518. The quantitative estimate of drug-likeness (QED) is 0.699. The van der Waals surface area contributed by atoms with Crippen molar-refractivity contribution in [3.63, 3.8) is 0 Å². The summed E-state index contributed by atoms with van der Waals surface area (Å²) in [6.45, 7) is 6.29. The predicted molar refractivity (Wildman–Crippen MR) is 108 cm³/mol. The van der Waals surface area contributed by atoms with Crippen LogP contribution in [0.1, 0.15) is 76.7 Å². The van der Waals surface area contributed by atoms with Crippen molar-refractivity contribution in [2.75, 3.05) is 26.2 Å². The second-order valence-corrected chi connectivity index (χ2v) is 8.28. The maximum atomic E-state index is 11.8. The zero-order valence-corrected chi connectivity index (χ0v) is 16.6. The molecule has 0 bridgehead atoms. The minimum atomic E-state index is -0.693. The lowest BCUT2D eigenvalue weighted by molar-refractivity contribution is -0.0529. The number of likely N-dealkylation sites (tertiary alicyclic amines) is 1. The number of benzene rings is 1. The molecule has 1 atom stereocenters. The standard InChI is InChI=1S/C23H37NO2/c1-2-19-26-22-13-11-21(12-14-22)23(25,20-9-5-3-6-10-20)15-18-24-16-7-4-8-17-24/h11-14,20,25H,2-10,15-19H2,1H3. The number of rotatable bonds is 8. The lowest BCUT2D eigenvalue weighted by Gasteiger charge is -2.41. The second-order valence-electron chi connectivity index (χ2n) is 8.28. The van der Waals surface area contributed by atoms with Gasteiger partial charge >= 0.3 is 0 Å². The second kappa shape index (κ2) is 9.75. The van der Waals surface area contributed by atoms with Crippen LogP contribution in [0.4, 0.5) is 0 Å². The summed E-state index contributed by atoms with van der Waals surface area (Å²) in [6.07, 6.45) is 12.0. The van der Waals surface area contributed by atoms with Gasteiger partial charge in [-0.3, -0.25) is 0 Å². The van der Waals surface area contributed by atoms with Gasteiger partial charge in [-0.1, -0.05) is 44.7 Å². The van der Waals surface area contributed by atoms with Crippen LogP contribution in [0.25, 0.3) is 0 Å². The maximum absolute atomic E-state index is 11.8. The molecule has 2 fully saturated rings. The largest absolute Gasteiger partial charge is 0.494 e. The SMILES string of the molecule is CCCOc1ccc(C(O)(CCN2CCCCC2)C2CCCCC2)cc1. The Hall–Kier alpha value is -1.06.